The summed E-state index contributed by atoms with van der Waals surface area (Å²) in [6, 6.07) is 1.48. The molecule has 130 valence electrons. The number of carbonyl (C=O) groups excluding carboxylic acids is 1. The molecular formula is C15H19N3O4S2. The number of ether oxygens (including phenoxy) is 1. The van der Waals surface area contributed by atoms with E-state index in [-0.39, 0.29) is 9.77 Å². The van der Waals surface area contributed by atoms with Crippen LogP contribution in [0.15, 0.2) is 35.1 Å². The fourth-order valence-electron chi connectivity index (χ4n) is 2.91. The fraction of sp³-hybridized carbons (Fsp3) is 0.467. The first-order valence-electron chi connectivity index (χ1n) is 7.64. The molecule has 1 aliphatic rings. The van der Waals surface area contributed by atoms with Crippen molar-refractivity contribution in [2.45, 2.75) is 24.3 Å². The van der Waals surface area contributed by atoms with Crippen molar-refractivity contribution in [3.8, 4) is 0 Å². The van der Waals surface area contributed by atoms with E-state index in [1.54, 1.807) is 17.9 Å². The molecule has 0 unspecified atom stereocenters. The number of carbonyl (C=O) groups is 1. The number of hydrogen-bond donors (Lipinski definition) is 0. The normalized spacial score (nSPS) is 17.0. The molecule has 0 saturated carbocycles. The molecule has 0 radical (unpaired) electrons. The molecule has 0 atom stereocenters. The summed E-state index contributed by atoms with van der Waals surface area (Å²) in [5.41, 5.74) is 0. The molecule has 2 aromatic rings. The highest BCUT2D eigenvalue weighted by Gasteiger charge is 2.33. The van der Waals surface area contributed by atoms with Crippen molar-refractivity contribution in [2.24, 2.45) is 5.92 Å². The van der Waals surface area contributed by atoms with Crippen LogP contribution < -0.4 is 0 Å². The molecule has 0 amide bonds. The summed E-state index contributed by atoms with van der Waals surface area (Å²) >= 11 is 1.09. The number of aromatic nitrogens is 2. The number of imidazole rings is 1. The zero-order chi connectivity index (χ0) is 17.2. The summed E-state index contributed by atoms with van der Waals surface area (Å²) in [6.07, 6.45) is 7.00. The molecule has 7 nitrogen and oxygen atoms in total. The number of esters is 1. The van der Waals surface area contributed by atoms with Gasteiger partial charge in [0.05, 0.1) is 13.4 Å². The largest absolute Gasteiger partial charge is 0.465 e. The van der Waals surface area contributed by atoms with Gasteiger partial charge >= 0.3 is 5.97 Å². The second-order valence-electron chi connectivity index (χ2n) is 5.71. The molecule has 3 rings (SSSR count). The molecule has 1 fully saturated rings. The fourth-order valence-corrected chi connectivity index (χ4v) is 5.68. The smallest absolute Gasteiger partial charge is 0.349 e. The maximum absolute atomic E-state index is 12.8. The Morgan fingerprint density at radius 2 is 2.17 bits per heavy atom. The van der Waals surface area contributed by atoms with Gasteiger partial charge in [0.15, 0.2) is 0 Å². The summed E-state index contributed by atoms with van der Waals surface area (Å²) in [4.78, 5) is 16.0. The van der Waals surface area contributed by atoms with Gasteiger partial charge < -0.3 is 9.30 Å². The first kappa shape index (κ1) is 17.1. The molecular weight excluding hydrogens is 350 g/mol. The van der Waals surface area contributed by atoms with Gasteiger partial charge in [0.1, 0.15) is 9.77 Å². The van der Waals surface area contributed by atoms with Crippen molar-refractivity contribution in [3.05, 3.63) is 35.0 Å². The van der Waals surface area contributed by atoms with Crippen LogP contribution in [-0.2, 0) is 21.3 Å². The quantitative estimate of drug-likeness (QED) is 0.751. The zero-order valence-corrected chi connectivity index (χ0v) is 14.9. The van der Waals surface area contributed by atoms with Crippen molar-refractivity contribution in [1.82, 2.24) is 13.9 Å². The lowest BCUT2D eigenvalue weighted by atomic mass is 9.98. The summed E-state index contributed by atoms with van der Waals surface area (Å²) in [6.45, 7) is 1.76. The second-order valence-corrected chi connectivity index (χ2v) is 8.53. The minimum atomic E-state index is -3.67. The monoisotopic (exact) mass is 369 g/mol. The van der Waals surface area contributed by atoms with Crippen LogP contribution in [0.1, 0.15) is 22.5 Å². The Bertz CT molecular complexity index is 791. The van der Waals surface area contributed by atoms with Gasteiger partial charge in [-0.15, -0.1) is 11.3 Å². The first-order chi connectivity index (χ1) is 11.5. The summed E-state index contributed by atoms with van der Waals surface area (Å²) in [5.74, 6) is -0.188. The molecule has 0 N–H and O–H groups in total. The second kappa shape index (κ2) is 7.04. The minimum absolute atomic E-state index is 0.0485. The summed E-state index contributed by atoms with van der Waals surface area (Å²) in [5, 5.41) is 1.60. The van der Waals surface area contributed by atoms with Crippen LogP contribution in [0, 0.1) is 5.92 Å². The van der Waals surface area contributed by atoms with Gasteiger partial charge in [-0.2, -0.15) is 4.31 Å². The Balaban J connectivity index is 1.69. The van der Waals surface area contributed by atoms with Gasteiger partial charge in [-0.1, -0.05) is 0 Å². The predicted molar refractivity (Wildman–Crippen MR) is 89.4 cm³/mol. The summed E-state index contributed by atoms with van der Waals surface area (Å²) < 4.78 is 33.8. The highest BCUT2D eigenvalue weighted by Crippen LogP contribution is 2.29. The number of rotatable bonds is 5. The van der Waals surface area contributed by atoms with Crippen LogP contribution in [-0.4, -0.2) is 48.4 Å². The SMILES string of the molecule is COC(=O)c1sccc1S(=O)(=O)N1CCC(Cn2ccnc2)CC1. The van der Waals surface area contributed by atoms with E-state index < -0.39 is 16.0 Å². The number of nitrogens with zero attached hydrogens (tertiary/aromatic N) is 3. The van der Waals surface area contributed by atoms with Gasteiger partial charge in [-0.05, 0) is 30.2 Å². The summed E-state index contributed by atoms with van der Waals surface area (Å²) in [7, 11) is -2.42. The van der Waals surface area contributed by atoms with Crippen LogP contribution >= 0.6 is 11.3 Å². The van der Waals surface area contributed by atoms with E-state index in [0.29, 0.717) is 19.0 Å². The topological polar surface area (TPSA) is 81.5 Å². The van der Waals surface area contributed by atoms with Crippen molar-refractivity contribution in [2.75, 3.05) is 20.2 Å². The molecule has 1 saturated heterocycles. The standard InChI is InChI=1S/C15H19N3O4S2/c1-22-15(19)14-13(4-9-23-14)24(20,21)18-6-2-12(3-7-18)10-17-8-5-16-11-17/h4-5,8-9,11-12H,2-3,6-7,10H2,1H3. The molecule has 0 aromatic carbocycles. The van der Waals surface area contributed by atoms with Crippen molar-refractivity contribution in [1.29, 1.82) is 0 Å². The van der Waals surface area contributed by atoms with Crippen molar-refractivity contribution in [3.63, 3.8) is 0 Å². The van der Waals surface area contributed by atoms with Gasteiger partial charge in [0, 0.05) is 32.0 Å². The van der Waals surface area contributed by atoms with E-state index in [1.807, 2.05) is 10.8 Å². The van der Waals surface area contributed by atoms with Gasteiger partial charge in [-0.25, -0.2) is 18.2 Å². The maximum atomic E-state index is 12.8. The average molecular weight is 369 g/mol. The van der Waals surface area contributed by atoms with Crippen molar-refractivity contribution < 1.29 is 17.9 Å². The van der Waals surface area contributed by atoms with E-state index in [9.17, 15) is 13.2 Å². The molecule has 2 aromatic heterocycles. The predicted octanol–water partition coefficient (Wildman–Crippen LogP) is 1.83. The number of thiophene rings is 1. The highest BCUT2D eigenvalue weighted by molar-refractivity contribution is 7.89. The molecule has 3 heterocycles. The lowest BCUT2D eigenvalue weighted by Gasteiger charge is -2.31. The minimum Gasteiger partial charge on any atom is -0.465 e. The Labute approximate surface area is 144 Å². The number of hydrogen-bond acceptors (Lipinski definition) is 6. The van der Waals surface area contributed by atoms with Gasteiger partial charge in [0.25, 0.3) is 0 Å². The van der Waals surface area contributed by atoms with E-state index in [4.69, 9.17) is 0 Å². The lowest BCUT2D eigenvalue weighted by Crippen LogP contribution is -2.39. The first-order valence-corrected chi connectivity index (χ1v) is 9.96. The van der Waals surface area contributed by atoms with Crippen LogP contribution in [0.3, 0.4) is 0 Å². The zero-order valence-electron chi connectivity index (χ0n) is 13.3. The Kier molecular flexibility index (Phi) is 5.02. The number of piperidine rings is 1. The molecule has 0 spiro atoms. The highest BCUT2D eigenvalue weighted by atomic mass is 32.2. The average Bonchev–Trinajstić information content (AvgIpc) is 3.26. The van der Waals surface area contributed by atoms with E-state index in [2.05, 4.69) is 9.72 Å². The lowest BCUT2D eigenvalue weighted by molar-refractivity contribution is 0.0602. The molecule has 1 aliphatic heterocycles. The van der Waals surface area contributed by atoms with E-state index in [0.717, 1.165) is 30.7 Å². The van der Waals surface area contributed by atoms with Gasteiger partial charge in [-0.3, -0.25) is 0 Å². The molecule has 0 aliphatic carbocycles. The van der Waals surface area contributed by atoms with Crippen LogP contribution in [0.25, 0.3) is 0 Å². The van der Waals surface area contributed by atoms with E-state index >= 15 is 0 Å². The molecule has 0 bridgehead atoms. The molecule has 9 heteroatoms. The van der Waals surface area contributed by atoms with E-state index in [1.165, 1.54) is 17.5 Å². The Morgan fingerprint density at radius 1 is 1.42 bits per heavy atom. The Hall–Kier alpha value is -1.71. The maximum Gasteiger partial charge on any atom is 0.349 e. The van der Waals surface area contributed by atoms with Crippen molar-refractivity contribution >= 4 is 27.3 Å². The van der Waals surface area contributed by atoms with Gasteiger partial charge in [0.2, 0.25) is 10.0 Å². The van der Waals surface area contributed by atoms with Crippen LogP contribution in [0.4, 0.5) is 0 Å². The van der Waals surface area contributed by atoms with Crippen LogP contribution in [0.2, 0.25) is 0 Å². The number of methoxy groups -OCH3 is 1. The number of sulfonamides is 1. The van der Waals surface area contributed by atoms with Crippen LogP contribution in [0.5, 0.6) is 0 Å². The molecule has 24 heavy (non-hydrogen) atoms. The third kappa shape index (κ3) is 3.38. The third-order valence-corrected chi connectivity index (χ3v) is 7.18. The Morgan fingerprint density at radius 3 is 2.79 bits per heavy atom. The third-order valence-electron chi connectivity index (χ3n) is 4.22.